The fourth-order valence-electron chi connectivity index (χ4n) is 2.74. The standard InChI is InChI=1S/C16H17N3/c17-9-8-14-12-13-6-2-3-7-15(13)18-16(14)19-10-4-1-5-11-19/h2-3,6-7,12H,1,4-5,8,10-11H2. The zero-order valence-corrected chi connectivity index (χ0v) is 11.0. The third-order valence-corrected chi connectivity index (χ3v) is 3.71. The number of para-hydroxylation sites is 1. The molecule has 0 amide bonds. The molecule has 0 N–H and O–H groups in total. The van der Waals surface area contributed by atoms with Crippen molar-refractivity contribution in [1.29, 1.82) is 5.26 Å². The maximum atomic E-state index is 9.02. The van der Waals surface area contributed by atoms with Gasteiger partial charge in [0.05, 0.1) is 18.0 Å². The molecule has 96 valence electrons. The van der Waals surface area contributed by atoms with E-state index in [1.807, 2.05) is 18.2 Å². The second-order valence-corrected chi connectivity index (χ2v) is 5.05. The van der Waals surface area contributed by atoms with E-state index in [4.69, 9.17) is 10.2 Å². The zero-order chi connectivity index (χ0) is 13.1. The number of fused-ring (bicyclic) bond motifs is 1. The molecule has 3 heteroatoms. The maximum absolute atomic E-state index is 9.02. The average molecular weight is 251 g/mol. The molecule has 1 fully saturated rings. The molecule has 2 heterocycles. The van der Waals surface area contributed by atoms with Gasteiger partial charge in [0.25, 0.3) is 0 Å². The molecule has 0 unspecified atom stereocenters. The van der Waals surface area contributed by atoms with Crippen LogP contribution in [-0.4, -0.2) is 18.1 Å². The molecule has 2 aromatic rings. The van der Waals surface area contributed by atoms with Crippen LogP contribution in [0, 0.1) is 11.3 Å². The van der Waals surface area contributed by atoms with Crippen molar-refractivity contribution >= 4 is 16.7 Å². The number of anilines is 1. The van der Waals surface area contributed by atoms with Gasteiger partial charge in [0.1, 0.15) is 5.82 Å². The molecule has 1 aromatic carbocycles. The number of aromatic nitrogens is 1. The van der Waals surface area contributed by atoms with Crippen LogP contribution in [0.1, 0.15) is 24.8 Å². The SMILES string of the molecule is N#CCc1cc2ccccc2nc1N1CCCCC1. The number of piperidine rings is 1. The molecular weight excluding hydrogens is 234 g/mol. The quantitative estimate of drug-likeness (QED) is 0.822. The lowest BCUT2D eigenvalue weighted by Crippen LogP contribution is -2.31. The lowest BCUT2D eigenvalue weighted by molar-refractivity contribution is 0.573. The second-order valence-electron chi connectivity index (χ2n) is 5.05. The van der Waals surface area contributed by atoms with Gasteiger partial charge in [-0.1, -0.05) is 18.2 Å². The maximum Gasteiger partial charge on any atom is 0.133 e. The Balaban J connectivity index is 2.09. The highest BCUT2D eigenvalue weighted by Crippen LogP contribution is 2.26. The number of rotatable bonds is 2. The first-order chi connectivity index (χ1) is 9.38. The molecule has 0 aliphatic carbocycles. The van der Waals surface area contributed by atoms with Crippen molar-refractivity contribution in [3.63, 3.8) is 0 Å². The molecule has 0 atom stereocenters. The predicted octanol–water partition coefficient (Wildman–Crippen LogP) is 3.29. The summed E-state index contributed by atoms with van der Waals surface area (Å²) in [4.78, 5) is 7.13. The summed E-state index contributed by atoms with van der Waals surface area (Å²) in [5.41, 5.74) is 2.08. The minimum Gasteiger partial charge on any atom is -0.356 e. The van der Waals surface area contributed by atoms with Crippen LogP contribution in [0.5, 0.6) is 0 Å². The molecule has 3 nitrogen and oxygen atoms in total. The highest BCUT2D eigenvalue weighted by atomic mass is 15.2. The molecule has 3 rings (SSSR count). The summed E-state index contributed by atoms with van der Waals surface area (Å²) < 4.78 is 0. The number of hydrogen-bond donors (Lipinski definition) is 0. The van der Waals surface area contributed by atoms with Gasteiger partial charge in [-0.25, -0.2) is 4.98 Å². The molecular formula is C16H17N3. The summed E-state index contributed by atoms with van der Waals surface area (Å²) in [7, 11) is 0. The van der Waals surface area contributed by atoms with E-state index in [9.17, 15) is 0 Å². The molecule has 1 saturated heterocycles. The van der Waals surface area contributed by atoms with Crippen molar-refractivity contribution in [3.8, 4) is 6.07 Å². The molecule has 0 spiro atoms. The molecule has 0 saturated carbocycles. The van der Waals surface area contributed by atoms with Gasteiger partial charge in [0, 0.05) is 24.0 Å². The van der Waals surface area contributed by atoms with Crippen LogP contribution in [0.4, 0.5) is 5.82 Å². The lowest BCUT2D eigenvalue weighted by Gasteiger charge is -2.29. The first-order valence-corrected chi connectivity index (χ1v) is 6.89. The number of nitrogens with zero attached hydrogens (tertiary/aromatic N) is 3. The predicted molar refractivity (Wildman–Crippen MR) is 77.1 cm³/mol. The Hall–Kier alpha value is -2.08. The summed E-state index contributed by atoms with van der Waals surface area (Å²) in [6, 6.07) is 12.5. The van der Waals surface area contributed by atoms with Crippen molar-refractivity contribution in [1.82, 2.24) is 4.98 Å². The first-order valence-electron chi connectivity index (χ1n) is 6.89. The van der Waals surface area contributed by atoms with Crippen molar-refractivity contribution < 1.29 is 0 Å². The Bertz CT molecular complexity index is 621. The fraction of sp³-hybridized carbons (Fsp3) is 0.375. The van der Waals surface area contributed by atoms with Gasteiger partial charge in [-0.05, 0) is 31.4 Å². The summed E-state index contributed by atoms with van der Waals surface area (Å²) >= 11 is 0. The van der Waals surface area contributed by atoms with Crippen LogP contribution in [0.25, 0.3) is 10.9 Å². The minimum atomic E-state index is 0.434. The van der Waals surface area contributed by atoms with E-state index in [1.54, 1.807) is 0 Å². The minimum absolute atomic E-state index is 0.434. The number of pyridine rings is 1. The van der Waals surface area contributed by atoms with Crippen molar-refractivity contribution in [2.45, 2.75) is 25.7 Å². The molecule has 19 heavy (non-hydrogen) atoms. The number of hydrogen-bond acceptors (Lipinski definition) is 3. The van der Waals surface area contributed by atoms with Crippen LogP contribution >= 0.6 is 0 Å². The highest BCUT2D eigenvalue weighted by Gasteiger charge is 2.16. The third-order valence-electron chi connectivity index (χ3n) is 3.71. The largest absolute Gasteiger partial charge is 0.356 e. The zero-order valence-electron chi connectivity index (χ0n) is 11.0. The summed E-state index contributed by atoms with van der Waals surface area (Å²) in [5.74, 6) is 1.01. The van der Waals surface area contributed by atoms with Crippen LogP contribution < -0.4 is 4.90 Å². The van der Waals surface area contributed by atoms with Crippen molar-refractivity contribution in [2.75, 3.05) is 18.0 Å². The van der Waals surface area contributed by atoms with Gasteiger partial charge < -0.3 is 4.90 Å². The van der Waals surface area contributed by atoms with Crippen LogP contribution in [0.3, 0.4) is 0 Å². The Morgan fingerprint density at radius 2 is 1.95 bits per heavy atom. The molecule has 0 radical (unpaired) electrons. The highest BCUT2D eigenvalue weighted by molar-refractivity contribution is 5.82. The van der Waals surface area contributed by atoms with E-state index < -0.39 is 0 Å². The fourth-order valence-corrected chi connectivity index (χ4v) is 2.74. The number of nitriles is 1. The Morgan fingerprint density at radius 3 is 2.74 bits per heavy atom. The smallest absolute Gasteiger partial charge is 0.133 e. The topological polar surface area (TPSA) is 39.9 Å². The van der Waals surface area contributed by atoms with Crippen molar-refractivity contribution in [2.24, 2.45) is 0 Å². The van der Waals surface area contributed by atoms with E-state index in [2.05, 4.69) is 23.1 Å². The van der Waals surface area contributed by atoms with Gasteiger partial charge in [0.2, 0.25) is 0 Å². The molecule has 1 aliphatic heterocycles. The summed E-state index contributed by atoms with van der Waals surface area (Å²) in [6.07, 6.45) is 4.18. The van der Waals surface area contributed by atoms with Crippen molar-refractivity contribution in [3.05, 3.63) is 35.9 Å². The Morgan fingerprint density at radius 1 is 1.16 bits per heavy atom. The van der Waals surface area contributed by atoms with E-state index >= 15 is 0 Å². The van der Waals surface area contributed by atoms with E-state index in [0.717, 1.165) is 35.4 Å². The third kappa shape index (κ3) is 2.39. The van der Waals surface area contributed by atoms with Gasteiger partial charge in [-0.2, -0.15) is 5.26 Å². The Kier molecular flexibility index (Phi) is 3.33. The second kappa shape index (κ2) is 5.27. The van der Waals surface area contributed by atoms with Gasteiger partial charge >= 0.3 is 0 Å². The number of benzene rings is 1. The normalized spacial score (nSPS) is 15.4. The van der Waals surface area contributed by atoms with Gasteiger partial charge in [-0.3, -0.25) is 0 Å². The van der Waals surface area contributed by atoms with E-state index in [-0.39, 0.29) is 0 Å². The van der Waals surface area contributed by atoms with E-state index in [1.165, 1.54) is 19.3 Å². The van der Waals surface area contributed by atoms with Gasteiger partial charge in [0.15, 0.2) is 0 Å². The molecule has 1 aliphatic rings. The summed E-state index contributed by atoms with van der Waals surface area (Å²) in [6.45, 7) is 2.12. The van der Waals surface area contributed by atoms with Crippen LogP contribution in [0.15, 0.2) is 30.3 Å². The average Bonchev–Trinajstić information content (AvgIpc) is 2.48. The van der Waals surface area contributed by atoms with Crippen LogP contribution in [-0.2, 0) is 6.42 Å². The monoisotopic (exact) mass is 251 g/mol. The van der Waals surface area contributed by atoms with E-state index in [0.29, 0.717) is 6.42 Å². The molecule has 0 bridgehead atoms. The molecule has 1 aromatic heterocycles. The summed E-state index contributed by atoms with van der Waals surface area (Å²) in [5, 5.41) is 10.1. The van der Waals surface area contributed by atoms with Gasteiger partial charge in [-0.15, -0.1) is 0 Å². The first kappa shape index (κ1) is 12.0. The Labute approximate surface area is 113 Å². The van der Waals surface area contributed by atoms with Crippen LogP contribution in [0.2, 0.25) is 0 Å². The lowest BCUT2D eigenvalue weighted by atomic mass is 10.1.